The van der Waals surface area contributed by atoms with Crippen LogP contribution in [0.25, 0.3) is 0 Å². The zero-order chi connectivity index (χ0) is 19.9. The molecule has 0 unspecified atom stereocenters. The number of benzene rings is 1. The van der Waals surface area contributed by atoms with Gasteiger partial charge in [-0.1, -0.05) is 30.3 Å². The van der Waals surface area contributed by atoms with Gasteiger partial charge in [0.05, 0.1) is 18.6 Å². The number of likely N-dealkylation sites (tertiary alicyclic amines) is 1. The Hall–Kier alpha value is -3.00. The summed E-state index contributed by atoms with van der Waals surface area (Å²) in [6.45, 7) is 1.37. The minimum absolute atomic E-state index is 0.0596. The minimum Gasteiger partial charge on any atom is -0.366 e. The van der Waals surface area contributed by atoms with Crippen LogP contribution >= 0.6 is 11.8 Å². The molecule has 8 heteroatoms. The van der Waals surface area contributed by atoms with Crippen molar-refractivity contribution >= 4 is 23.5 Å². The monoisotopic (exact) mass is 406 g/mol. The van der Waals surface area contributed by atoms with E-state index in [0.29, 0.717) is 18.8 Å². The number of carbonyl (C=O) groups is 1. The molecule has 0 bridgehead atoms. The second-order valence-electron chi connectivity index (χ2n) is 6.82. The summed E-state index contributed by atoms with van der Waals surface area (Å²) in [6, 6.07) is 10.6. The Kier molecular flexibility index (Phi) is 6.31. The van der Waals surface area contributed by atoms with Crippen LogP contribution in [0, 0.1) is 0 Å². The molecule has 1 aromatic carbocycles. The molecular weight excluding hydrogens is 384 g/mol. The number of piperidine rings is 1. The molecule has 0 radical (unpaired) electrons. The van der Waals surface area contributed by atoms with Gasteiger partial charge in [-0.05, 0) is 18.4 Å². The van der Waals surface area contributed by atoms with Crippen molar-refractivity contribution in [2.45, 2.75) is 29.7 Å². The van der Waals surface area contributed by atoms with Crippen molar-refractivity contribution in [3.8, 4) is 0 Å². The van der Waals surface area contributed by atoms with Crippen LogP contribution in [0.3, 0.4) is 0 Å². The highest BCUT2D eigenvalue weighted by Crippen LogP contribution is 2.22. The second kappa shape index (κ2) is 9.47. The van der Waals surface area contributed by atoms with Crippen molar-refractivity contribution in [1.82, 2.24) is 24.8 Å². The molecule has 0 saturated carbocycles. The summed E-state index contributed by atoms with van der Waals surface area (Å²) in [7, 11) is 0. The number of nitrogens with one attached hydrogen (secondary N) is 1. The van der Waals surface area contributed by atoms with E-state index in [1.807, 2.05) is 23.1 Å². The van der Waals surface area contributed by atoms with Crippen molar-refractivity contribution in [2.24, 2.45) is 0 Å². The van der Waals surface area contributed by atoms with Crippen molar-refractivity contribution in [2.75, 3.05) is 18.4 Å². The maximum atomic E-state index is 12.5. The number of hydrogen-bond donors (Lipinski definition) is 1. The summed E-state index contributed by atoms with van der Waals surface area (Å²) in [5, 5.41) is 4.36. The van der Waals surface area contributed by atoms with Gasteiger partial charge < -0.3 is 10.2 Å². The molecule has 3 aromatic rings. The Morgan fingerprint density at radius 1 is 1.07 bits per heavy atom. The molecule has 148 valence electrons. The number of carbonyl (C=O) groups excluding carboxylic acids is 1. The summed E-state index contributed by atoms with van der Waals surface area (Å²) in [6.07, 6.45) is 9.89. The number of hydrogen-bond acceptors (Lipinski definition) is 7. The van der Waals surface area contributed by atoms with Gasteiger partial charge in [-0.2, -0.15) is 0 Å². The summed E-state index contributed by atoms with van der Waals surface area (Å²) in [5.41, 5.74) is 1.66. The zero-order valence-corrected chi connectivity index (χ0v) is 16.8. The van der Waals surface area contributed by atoms with E-state index in [-0.39, 0.29) is 11.9 Å². The van der Waals surface area contributed by atoms with E-state index >= 15 is 0 Å². The molecular formula is C21H22N6OS. The predicted octanol–water partition coefficient (Wildman–Crippen LogP) is 3.28. The third-order valence-corrected chi connectivity index (χ3v) is 5.73. The lowest BCUT2D eigenvalue weighted by Gasteiger charge is -2.32. The van der Waals surface area contributed by atoms with Crippen molar-refractivity contribution < 1.29 is 4.79 Å². The average Bonchev–Trinajstić information content (AvgIpc) is 2.79. The smallest absolute Gasteiger partial charge is 0.274 e. The van der Waals surface area contributed by atoms with Gasteiger partial charge in [0, 0.05) is 37.3 Å². The maximum absolute atomic E-state index is 12.5. The fourth-order valence-electron chi connectivity index (χ4n) is 3.23. The fraction of sp³-hybridized carbons (Fsp3) is 0.286. The van der Waals surface area contributed by atoms with Gasteiger partial charge >= 0.3 is 0 Å². The van der Waals surface area contributed by atoms with Gasteiger partial charge in [0.1, 0.15) is 16.5 Å². The van der Waals surface area contributed by atoms with Gasteiger partial charge in [-0.25, -0.2) is 9.97 Å². The van der Waals surface area contributed by atoms with Gasteiger partial charge in [0.25, 0.3) is 5.91 Å². The van der Waals surface area contributed by atoms with Crippen LogP contribution in [0.5, 0.6) is 0 Å². The van der Waals surface area contributed by atoms with E-state index in [0.717, 1.165) is 29.4 Å². The van der Waals surface area contributed by atoms with Crippen LogP contribution in [-0.4, -0.2) is 49.9 Å². The van der Waals surface area contributed by atoms with Gasteiger partial charge in [-0.15, -0.1) is 11.8 Å². The molecule has 0 aliphatic carbocycles. The van der Waals surface area contributed by atoms with Crippen LogP contribution in [0.15, 0.2) is 66.3 Å². The summed E-state index contributed by atoms with van der Waals surface area (Å²) >= 11 is 1.67. The van der Waals surface area contributed by atoms with Crippen molar-refractivity contribution in [3.63, 3.8) is 0 Å². The van der Waals surface area contributed by atoms with E-state index in [4.69, 9.17) is 0 Å². The summed E-state index contributed by atoms with van der Waals surface area (Å²) < 4.78 is 0. The molecule has 1 amide bonds. The fourth-order valence-corrected chi connectivity index (χ4v) is 4.03. The van der Waals surface area contributed by atoms with Crippen LogP contribution < -0.4 is 5.32 Å². The highest BCUT2D eigenvalue weighted by atomic mass is 32.2. The van der Waals surface area contributed by atoms with Crippen LogP contribution in [0.4, 0.5) is 5.82 Å². The number of amides is 1. The largest absolute Gasteiger partial charge is 0.366 e. The Balaban J connectivity index is 1.29. The predicted molar refractivity (Wildman–Crippen MR) is 113 cm³/mol. The van der Waals surface area contributed by atoms with Crippen LogP contribution in [0.1, 0.15) is 28.9 Å². The number of aromatic nitrogens is 4. The molecule has 0 spiro atoms. The molecule has 1 saturated heterocycles. The molecule has 0 atom stereocenters. The maximum Gasteiger partial charge on any atom is 0.274 e. The van der Waals surface area contributed by atoms with Gasteiger partial charge in [0.2, 0.25) is 0 Å². The van der Waals surface area contributed by atoms with Crippen LogP contribution in [-0.2, 0) is 5.75 Å². The van der Waals surface area contributed by atoms with Crippen LogP contribution in [0.2, 0.25) is 0 Å². The topological polar surface area (TPSA) is 83.9 Å². The van der Waals surface area contributed by atoms with Crippen molar-refractivity contribution in [1.29, 1.82) is 0 Å². The average molecular weight is 407 g/mol. The van der Waals surface area contributed by atoms with E-state index < -0.39 is 0 Å². The summed E-state index contributed by atoms with van der Waals surface area (Å²) in [5.74, 6) is 1.58. The van der Waals surface area contributed by atoms with E-state index in [1.54, 1.807) is 36.5 Å². The Morgan fingerprint density at radius 3 is 2.66 bits per heavy atom. The lowest BCUT2D eigenvalue weighted by molar-refractivity contribution is 0.0712. The highest BCUT2D eigenvalue weighted by Gasteiger charge is 2.24. The first-order valence-electron chi connectivity index (χ1n) is 9.58. The lowest BCUT2D eigenvalue weighted by Crippen LogP contribution is -2.42. The Bertz CT molecular complexity index is 932. The molecule has 2 aromatic heterocycles. The zero-order valence-electron chi connectivity index (χ0n) is 15.9. The molecule has 29 heavy (non-hydrogen) atoms. The number of rotatable bonds is 6. The first-order valence-corrected chi connectivity index (χ1v) is 10.6. The molecule has 1 N–H and O–H groups in total. The molecule has 3 heterocycles. The van der Waals surface area contributed by atoms with Gasteiger partial charge in [0.15, 0.2) is 0 Å². The molecule has 1 fully saturated rings. The second-order valence-corrected chi connectivity index (χ2v) is 7.81. The minimum atomic E-state index is -0.0596. The third-order valence-electron chi connectivity index (χ3n) is 4.76. The Morgan fingerprint density at radius 2 is 1.90 bits per heavy atom. The number of nitrogens with zero attached hydrogens (tertiary/aromatic N) is 5. The number of anilines is 1. The van der Waals surface area contributed by atoms with Crippen molar-refractivity contribution in [3.05, 3.63) is 72.6 Å². The molecule has 1 aliphatic rings. The quantitative estimate of drug-likeness (QED) is 0.629. The molecule has 4 rings (SSSR count). The highest BCUT2D eigenvalue weighted by molar-refractivity contribution is 7.98. The first kappa shape index (κ1) is 19.3. The van der Waals surface area contributed by atoms with E-state index in [2.05, 4.69) is 37.4 Å². The molecule has 7 nitrogen and oxygen atoms in total. The van der Waals surface area contributed by atoms with E-state index in [1.165, 1.54) is 11.8 Å². The number of thioether (sulfide) groups is 1. The summed E-state index contributed by atoms with van der Waals surface area (Å²) in [4.78, 5) is 31.4. The Labute approximate surface area is 174 Å². The third kappa shape index (κ3) is 5.29. The normalized spacial score (nSPS) is 14.6. The van der Waals surface area contributed by atoms with E-state index in [9.17, 15) is 4.79 Å². The lowest BCUT2D eigenvalue weighted by atomic mass is 10.0. The first-order chi connectivity index (χ1) is 14.3. The SMILES string of the molecule is O=C(c1cnccn1)N1CCC(Nc2cncc(SCc3ccccc3)n2)CC1. The molecule has 1 aliphatic heterocycles. The van der Waals surface area contributed by atoms with Gasteiger partial charge in [-0.3, -0.25) is 14.8 Å². The standard InChI is InChI=1S/C21H22N6OS/c28-21(18-12-22-8-9-24-18)27-10-6-17(7-11-27)25-19-13-23-14-20(26-19)29-15-16-4-2-1-3-5-16/h1-5,8-9,12-14,17H,6-7,10-11,15H2,(H,25,26).